The summed E-state index contributed by atoms with van der Waals surface area (Å²) in [6, 6.07) is 0. The fourth-order valence-corrected chi connectivity index (χ4v) is 6.54. The molecule has 0 radical (unpaired) electrons. The molecular weight excluding hydrogens is 238 g/mol. The van der Waals surface area contributed by atoms with Crippen LogP contribution in [0.25, 0.3) is 0 Å². The molecule has 1 aromatic rings. The lowest BCUT2D eigenvalue weighted by molar-refractivity contribution is -0.00539. The second kappa shape index (κ2) is 4.08. The van der Waals surface area contributed by atoms with E-state index < -0.39 is 0 Å². The summed E-state index contributed by atoms with van der Waals surface area (Å²) in [5.41, 5.74) is 3.89. The predicted molar refractivity (Wildman–Crippen MR) is 76.9 cm³/mol. The Morgan fingerprint density at radius 3 is 2.28 bits per heavy atom. The van der Waals surface area contributed by atoms with Crippen LogP contribution >= 0.6 is 11.3 Å². The van der Waals surface area contributed by atoms with E-state index in [1.54, 1.807) is 30.4 Å². The van der Waals surface area contributed by atoms with Gasteiger partial charge in [-0.25, -0.2) is 0 Å². The van der Waals surface area contributed by atoms with E-state index in [4.69, 9.17) is 0 Å². The topological polar surface area (TPSA) is 12.0 Å². The number of nitrogens with one attached hydrogen (secondary N) is 1. The number of hydrogen-bond acceptors (Lipinski definition) is 2. The SMILES string of the molecule is CNCc1cscc1C12CC3CC(CC(C3)C1)C2. The molecule has 4 bridgehead atoms. The van der Waals surface area contributed by atoms with Gasteiger partial charge in [-0.3, -0.25) is 0 Å². The Hall–Kier alpha value is -0.340. The third kappa shape index (κ3) is 1.61. The Bertz CT molecular complexity index is 412. The van der Waals surface area contributed by atoms with Crippen molar-refractivity contribution in [3.63, 3.8) is 0 Å². The van der Waals surface area contributed by atoms with Crippen molar-refractivity contribution in [2.24, 2.45) is 17.8 Å². The van der Waals surface area contributed by atoms with Crippen LogP contribution in [0.3, 0.4) is 0 Å². The lowest BCUT2D eigenvalue weighted by Gasteiger charge is -2.57. The highest BCUT2D eigenvalue weighted by molar-refractivity contribution is 7.08. The molecular formula is C16H23NS. The quantitative estimate of drug-likeness (QED) is 0.869. The van der Waals surface area contributed by atoms with Crippen LogP contribution in [-0.4, -0.2) is 7.05 Å². The zero-order valence-electron chi connectivity index (χ0n) is 11.2. The summed E-state index contributed by atoms with van der Waals surface area (Å²) in [5.74, 6) is 3.16. The van der Waals surface area contributed by atoms with Crippen LogP contribution in [0.1, 0.15) is 49.7 Å². The molecule has 0 amide bonds. The molecule has 1 N–H and O–H groups in total. The van der Waals surface area contributed by atoms with Crippen molar-refractivity contribution in [3.8, 4) is 0 Å². The summed E-state index contributed by atoms with van der Waals surface area (Å²) in [4.78, 5) is 0. The Labute approximate surface area is 114 Å². The molecule has 0 saturated heterocycles. The first-order chi connectivity index (χ1) is 8.79. The van der Waals surface area contributed by atoms with E-state index >= 15 is 0 Å². The maximum atomic E-state index is 3.35. The highest BCUT2D eigenvalue weighted by Gasteiger charge is 2.52. The van der Waals surface area contributed by atoms with Gasteiger partial charge in [0.15, 0.2) is 0 Å². The lowest BCUT2D eigenvalue weighted by Crippen LogP contribution is -2.48. The Morgan fingerprint density at radius 1 is 1.11 bits per heavy atom. The molecule has 0 aliphatic heterocycles. The summed E-state index contributed by atoms with van der Waals surface area (Å²) in [6.07, 6.45) is 9.12. The van der Waals surface area contributed by atoms with Gasteiger partial charge in [-0.1, -0.05) is 0 Å². The molecule has 98 valence electrons. The van der Waals surface area contributed by atoms with Crippen molar-refractivity contribution in [1.29, 1.82) is 0 Å². The fourth-order valence-electron chi connectivity index (χ4n) is 5.56. The average Bonchev–Trinajstić information content (AvgIpc) is 2.76. The first-order valence-corrected chi connectivity index (χ1v) is 8.43. The molecule has 0 spiro atoms. The minimum absolute atomic E-state index is 0.584. The number of rotatable bonds is 3. The molecule has 0 aromatic carbocycles. The molecule has 5 rings (SSSR count). The lowest BCUT2D eigenvalue weighted by atomic mass is 9.48. The van der Waals surface area contributed by atoms with Gasteiger partial charge in [0.2, 0.25) is 0 Å². The van der Waals surface area contributed by atoms with E-state index in [9.17, 15) is 0 Å². The second-order valence-electron chi connectivity index (χ2n) is 7.04. The van der Waals surface area contributed by atoms with E-state index in [0.29, 0.717) is 5.41 Å². The van der Waals surface area contributed by atoms with Crippen LogP contribution in [0, 0.1) is 17.8 Å². The van der Waals surface area contributed by atoms with Gasteiger partial charge in [0, 0.05) is 6.54 Å². The normalized spacial score (nSPS) is 41.5. The molecule has 4 saturated carbocycles. The molecule has 2 heteroatoms. The van der Waals surface area contributed by atoms with E-state index in [1.807, 2.05) is 11.3 Å². The van der Waals surface area contributed by atoms with E-state index in [1.165, 1.54) is 19.3 Å². The molecule has 4 fully saturated rings. The fraction of sp³-hybridized carbons (Fsp3) is 0.750. The van der Waals surface area contributed by atoms with E-state index in [0.717, 1.165) is 24.3 Å². The zero-order valence-corrected chi connectivity index (χ0v) is 12.1. The van der Waals surface area contributed by atoms with Gasteiger partial charge >= 0.3 is 0 Å². The average molecular weight is 261 g/mol. The molecule has 1 heterocycles. The van der Waals surface area contributed by atoms with Gasteiger partial charge in [-0.15, -0.1) is 0 Å². The van der Waals surface area contributed by atoms with Crippen molar-refractivity contribution in [2.45, 2.75) is 50.5 Å². The molecule has 0 unspecified atom stereocenters. The minimum atomic E-state index is 0.584. The third-order valence-corrected chi connectivity index (χ3v) is 6.51. The van der Waals surface area contributed by atoms with Crippen LogP contribution in [0.2, 0.25) is 0 Å². The number of hydrogen-bond donors (Lipinski definition) is 1. The summed E-state index contributed by atoms with van der Waals surface area (Å²) in [6.45, 7) is 1.06. The standard InChI is InChI=1S/C16H23NS/c1-17-8-14-9-18-10-15(14)16-5-11-2-12(6-16)4-13(3-11)7-16/h9-13,17H,2-8H2,1H3. The molecule has 18 heavy (non-hydrogen) atoms. The maximum absolute atomic E-state index is 3.35. The van der Waals surface area contributed by atoms with Gasteiger partial charge in [-0.05, 0) is 90.6 Å². The van der Waals surface area contributed by atoms with Gasteiger partial charge in [-0.2, -0.15) is 11.3 Å². The third-order valence-electron chi connectivity index (χ3n) is 5.72. The Morgan fingerprint density at radius 2 is 1.72 bits per heavy atom. The maximum Gasteiger partial charge on any atom is 0.0213 e. The predicted octanol–water partition coefficient (Wildman–Crippen LogP) is 3.94. The van der Waals surface area contributed by atoms with Crippen LogP contribution in [-0.2, 0) is 12.0 Å². The molecule has 1 nitrogen and oxygen atoms in total. The van der Waals surface area contributed by atoms with Gasteiger partial charge in [0.1, 0.15) is 0 Å². The van der Waals surface area contributed by atoms with Crippen molar-refractivity contribution >= 4 is 11.3 Å². The van der Waals surface area contributed by atoms with Crippen molar-refractivity contribution in [1.82, 2.24) is 5.32 Å². The Balaban J connectivity index is 1.72. The smallest absolute Gasteiger partial charge is 0.0213 e. The van der Waals surface area contributed by atoms with Crippen LogP contribution < -0.4 is 5.32 Å². The number of thiophene rings is 1. The molecule has 4 aliphatic carbocycles. The van der Waals surface area contributed by atoms with Gasteiger partial charge in [0.25, 0.3) is 0 Å². The first kappa shape index (κ1) is 11.5. The molecule has 1 aromatic heterocycles. The molecule has 0 atom stereocenters. The Kier molecular flexibility index (Phi) is 2.60. The van der Waals surface area contributed by atoms with Gasteiger partial charge < -0.3 is 5.32 Å². The van der Waals surface area contributed by atoms with Crippen LogP contribution in [0.5, 0.6) is 0 Å². The minimum Gasteiger partial charge on any atom is -0.316 e. The van der Waals surface area contributed by atoms with Crippen molar-refractivity contribution in [3.05, 3.63) is 21.9 Å². The monoisotopic (exact) mass is 261 g/mol. The largest absolute Gasteiger partial charge is 0.316 e. The summed E-state index contributed by atoms with van der Waals surface area (Å²) >= 11 is 1.92. The zero-order chi connectivity index (χ0) is 12.2. The second-order valence-corrected chi connectivity index (χ2v) is 7.78. The van der Waals surface area contributed by atoms with Crippen molar-refractivity contribution < 1.29 is 0 Å². The van der Waals surface area contributed by atoms with Crippen molar-refractivity contribution in [2.75, 3.05) is 7.05 Å². The summed E-state index contributed by atoms with van der Waals surface area (Å²) < 4.78 is 0. The summed E-state index contributed by atoms with van der Waals surface area (Å²) in [5, 5.41) is 8.20. The highest BCUT2D eigenvalue weighted by Crippen LogP contribution is 2.61. The molecule has 4 aliphatic rings. The summed E-state index contributed by atoms with van der Waals surface area (Å²) in [7, 11) is 2.07. The van der Waals surface area contributed by atoms with Crippen LogP contribution in [0.4, 0.5) is 0 Å². The van der Waals surface area contributed by atoms with E-state index in [2.05, 4.69) is 23.1 Å². The van der Waals surface area contributed by atoms with E-state index in [-0.39, 0.29) is 0 Å². The first-order valence-electron chi connectivity index (χ1n) is 7.49. The van der Waals surface area contributed by atoms with Gasteiger partial charge in [0.05, 0.1) is 0 Å². The van der Waals surface area contributed by atoms with Crippen LogP contribution in [0.15, 0.2) is 10.8 Å². The highest BCUT2D eigenvalue weighted by atomic mass is 32.1.